The lowest BCUT2D eigenvalue weighted by atomic mass is 9.88. The number of likely N-dealkylation sites (N-methyl/N-ethyl adjacent to an activating group) is 1. The third-order valence-electron chi connectivity index (χ3n) is 5.79. The number of sulfonamides is 1. The maximum absolute atomic E-state index is 13.3. The quantitative estimate of drug-likeness (QED) is 0.664. The largest absolute Gasteiger partial charge is 0.497 e. The van der Waals surface area contributed by atoms with Gasteiger partial charge in [0, 0.05) is 29.9 Å². The van der Waals surface area contributed by atoms with Gasteiger partial charge in [-0.05, 0) is 67.0 Å². The Labute approximate surface area is 194 Å². The molecule has 1 unspecified atom stereocenters. The normalized spacial score (nSPS) is 17.6. The number of benzene rings is 2. The maximum Gasteiger partial charge on any atom is 0.258 e. The van der Waals surface area contributed by atoms with E-state index >= 15 is 0 Å². The highest BCUT2D eigenvalue weighted by Crippen LogP contribution is 2.40. The molecule has 6 nitrogen and oxygen atoms in total. The van der Waals surface area contributed by atoms with Crippen molar-refractivity contribution in [1.82, 2.24) is 4.90 Å². The van der Waals surface area contributed by atoms with E-state index in [0.717, 1.165) is 12.0 Å². The Morgan fingerprint density at radius 1 is 1.03 bits per heavy atom. The van der Waals surface area contributed by atoms with Gasteiger partial charge in [-0.1, -0.05) is 36.4 Å². The fourth-order valence-corrected chi connectivity index (χ4v) is 5.51. The highest BCUT2D eigenvalue weighted by atomic mass is 32.2. The average molecular weight is 463 g/mol. The summed E-state index contributed by atoms with van der Waals surface area (Å²) in [6.45, 7) is 0. The number of fused-ring (bicyclic) bond motifs is 1. The maximum atomic E-state index is 13.3. The van der Waals surface area contributed by atoms with Gasteiger partial charge in [0.1, 0.15) is 5.75 Å². The Bertz CT molecular complexity index is 1260. The zero-order valence-electron chi connectivity index (χ0n) is 18.6. The number of carbonyl (C=O) groups is 1. The lowest BCUT2D eigenvalue weighted by Gasteiger charge is -2.31. The van der Waals surface area contributed by atoms with Crippen molar-refractivity contribution in [1.29, 1.82) is 0 Å². The lowest BCUT2D eigenvalue weighted by Crippen LogP contribution is -2.32. The fraction of sp³-hybridized carbons (Fsp3) is 0.192. The molecule has 2 aliphatic carbocycles. The number of rotatable bonds is 6. The van der Waals surface area contributed by atoms with Crippen LogP contribution in [0.3, 0.4) is 0 Å². The Morgan fingerprint density at radius 3 is 2.45 bits per heavy atom. The van der Waals surface area contributed by atoms with Crippen molar-refractivity contribution >= 4 is 21.6 Å². The van der Waals surface area contributed by atoms with Crippen molar-refractivity contribution in [2.24, 2.45) is 5.92 Å². The number of anilines is 1. The first kappa shape index (κ1) is 22.6. The van der Waals surface area contributed by atoms with Crippen LogP contribution in [0.15, 0.2) is 101 Å². The number of hydrogen-bond donors (Lipinski definition) is 1. The Hall–Kier alpha value is -3.58. The first-order valence-electron chi connectivity index (χ1n) is 10.7. The number of hydrogen-bond acceptors (Lipinski definition) is 4. The van der Waals surface area contributed by atoms with Gasteiger partial charge >= 0.3 is 0 Å². The van der Waals surface area contributed by atoms with Crippen LogP contribution in [0.4, 0.5) is 5.69 Å². The second kappa shape index (κ2) is 9.50. The zero-order chi connectivity index (χ0) is 23.4. The van der Waals surface area contributed by atoms with Crippen molar-refractivity contribution in [3.8, 4) is 5.75 Å². The van der Waals surface area contributed by atoms with E-state index < -0.39 is 10.0 Å². The summed E-state index contributed by atoms with van der Waals surface area (Å²) in [6, 6.07) is 15.8. The van der Waals surface area contributed by atoms with Crippen molar-refractivity contribution in [3.63, 3.8) is 0 Å². The standard InChI is InChI=1S/C26H26N2O4S/c1-28(26(29)19-9-5-3-6-10-19)24-17-18-25(23-12-8-4-7-11-22(23)24)33(30,31)27-20-13-15-21(32-2)16-14-20/h3-7,9-11,13-18,23,27H,8,12H2,1-2H3. The Kier molecular flexibility index (Phi) is 6.51. The molecule has 1 atom stereocenters. The van der Waals surface area contributed by atoms with Crippen LogP contribution in [-0.4, -0.2) is 33.4 Å². The number of amides is 1. The highest BCUT2D eigenvalue weighted by Gasteiger charge is 2.35. The zero-order valence-corrected chi connectivity index (χ0v) is 19.4. The molecular formula is C26H26N2O4S. The molecular weight excluding hydrogens is 436 g/mol. The van der Waals surface area contributed by atoms with Gasteiger partial charge < -0.3 is 9.64 Å². The molecule has 0 saturated carbocycles. The predicted octanol–water partition coefficient (Wildman–Crippen LogP) is 4.88. The van der Waals surface area contributed by atoms with Crippen LogP contribution in [0.5, 0.6) is 5.75 Å². The molecule has 33 heavy (non-hydrogen) atoms. The van der Waals surface area contributed by atoms with Crippen molar-refractivity contribution in [2.45, 2.75) is 12.8 Å². The number of nitrogens with zero attached hydrogens (tertiary/aromatic N) is 1. The molecule has 0 spiro atoms. The Morgan fingerprint density at radius 2 is 1.76 bits per heavy atom. The van der Waals surface area contributed by atoms with Gasteiger partial charge in [-0.25, -0.2) is 8.42 Å². The molecule has 2 aromatic carbocycles. The van der Waals surface area contributed by atoms with E-state index in [-0.39, 0.29) is 16.7 Å². The summed E-state index contributed by atoms with van der Waals surface area (Å²) in [5.41, 5.74) is 2.54. The molecule has 170 valence electrons. The molecule has 0 radical (unpaired) electrons. The van der Waals surface area contributed by atoms with E-state index in [1.807, 2.05) is 36.4 Å². The molecule has 0 saturated heterocycles. The van der Waals surface area contributed by atoms with Gasteiger partial charge in [0.25, 0.3) is 15.9 Å². The summed E-state index contributed by atoms with van der Waals surface area (Å²) in [5.74, 6) is 0.140. The molecule has 4 rings (SSSR count). The second-order valence-electron chi connectivity index (χ2n) is 7.87. The topological polar surface area (TPSA) is 75.7 Å². The molecule has 0 aromatic heterocycles. The van der Waals surface area contributed by atoms with E-state index in [4.69, 9.17) is 4.74 Å². The highest BCUT2D eigenvalue weighted by molar-refractivity contribution is 7.96. The van der Waals surface area contributed by atoms with Crippen molar-refractivity contribution in [3.05, 3.63) is 107 Å². The number of methoxy groups -OCH3 is 1. The number of nitrogens with one attached hydrogen (secondary N) is 1. The molecule has 0 fully saturated rings. The van der Waals surface area contributed by atoms with Gasteiger partial charge in [0.05, 0.1) is 12.0 Å². The molecule has 2 aliphatic rings. The summed E-state index contributed by atoms with van der Waals surface area (Å²) >= 11 is 0. The van der Waals surface area contributed by atoms with Crippen LogP contribution in [0.25, 0.3) is 0 Å². The predicted molar refractivity (Wildman–Crippen MR) is 130 cm³/mol. The van der Waals surface area contributed by atoms with Crippen LogP contribution in [0.2, 0.25) is 0 Å². The van der Waals surface area contributed by atoms with Crippen LogP contribution in [0, 0.1) is 5.92 Å². The monoisotopic (exact) mass is 462 g/mol. The minimum absolute atomic E-state index is 0.147. The molecule has 2 aromatic rings. The smallest absolute Gasteiger partial charge is 0.258 e. The van der Waals surface area contributed by atoms with Gasteiger partial charge in [-0.2, -0.15) is 0 Å². The van der Waals surface area contributed by atoms with E-state index in [0.29, 0.717) is 29.1 Å². The second-order valence-corrected chi connectivity index (χ2v) is 9.55. The summed E-state index contributed by atoms with van der Waals surface area (Å²) < 4.78 is 34.5. The third kappa shape index (κ3) is 4.78. The number of ether oxygens (including phenoxy) is 1. The molecule has 1 N–H and O–H groups in total. The lowest BCUT2D eigenvalue weighted by molar-refractivity contribution is 0.0837. The van der Waals surface area contributed by atoms with Crippen LogP contribution in [-0.2, 0) is 10.0 Å². The van der Waals surface area contributed by atoms with Gasteiger partial charge in [0.2, 0.25) is 0 Å². The molecule has 7 heteroatoms. The molecule has 0 aliphatic heterocycles. The molecule has 1 amide bonds. The number of allylic oxidation sites excluding steroid dienone is 7. The van der Waals surface area contributed by atoms with Crippen molar-refractivity contribution in [2.75, 3.05) is 18.9 Å². The van der Waals surface area contributed by atoms with Gasteiger partial charge in [0.15, 0.2) is 0 Å². The summed E-state index contributed by atoms with van der Waals surface area (Å²) in [4.78, 5) is 14.9. The minimum atomic E-state index is -3.81. The van der Waals surface area contributed by atoms with E-state index in [1.54, 1.807) is 67.6 Å². The van der Waals surface area contributed by atoms with Gasteiger partial charge in [-0.15, -0.1) is 0 Å². The fourth-order valence-electron chi connectivity index (χ4n) is 4.07. The van der Waals surface area contributed by atoms with E-state index in [1.165, 1.54) is 0 Å². The molecule has 0 bridgehead atoms. The summed E-state index contributed by atoms with van der Waals surface area (Å²) in [5, 5.41) is 0. The Balaban J connectivity index is 1.68. The van der Waals surface area contributed by atoms with E-state index in [9.17, 15) is 13.2 Å². The van der Waals surface area contributed by atoms with Crippen LogP contribution < -0.4 is 9.46 Å². The SMILES string of the molecule is COc1ccc(NS(=O)(=O)C2=CC=C(N(C)C(=O)c3ccccc3)C3=CC=CCCC32)cc1. The first-order valence-corrected chi connectivity index (χ1v) is 12.2. The van der Waals surface area contributed by atoms with Crippen molar-refractivity contribution < 1.29 is 17.9 Å². The van der Waals surface area contributed by atoms with Crippen LogP contribution in [0.1, 0.15) is 23.2 Å². The first-order chi connectivity index (χ1) is 15.9. The minimum Gasteiger partial charge on any atom is -0.497 e. The van der Waals surface area contributed by atoms with Gasteiger partial charge in [-0.3, -0.25) is 9.52 Å². The average Bonchev–Trinajstić information content (AvgIpc) is 3.09. The number of carbonyl (C=O) groups excluding carboxylic acids is 1. The third-order valence-corrected chi connectivity index (χ3v) is 7.34. The molecule has 0 heterocycles. The summed E-state index contributed by atoms with van der Waals surface area (Å²) in [7, 11) is -0.533. The summed E-state index contributed by atoms with van der Waals surface area (Å²) in [6.07, 6.45) is 10.5. The van der Waals surface area contributed by atoms with E-state index in [2.05, 4.69) is 4.72 Å². The van der Waals surface area contributed by atoms with Crippen LogP contribution >= 0.6 is 0 Å².